The van der Waals surface area contributed by atoms with Gasteiger partial charge in [0, 0.05) is 31.4 Å². The van der Waals surface area contributed by atoms with Crippen molar-refractivity contribution in [2.75, 3.05) is 6.54 Å². The molecule has 0 aromatic carbocycles. The third kappa shape index (κ3) is 1.92. The van der Waals surface area contributed by atoms with Crippen molar-refractivity contribution >= 4 is 0 Å². The zero-order valence-corrected chi connectivity index (χ0v) is 9.69. The Balaban J connectivity index is 2.32. The number of aromatic nitrogens is 2. The third-order valence-corrected chi connectivity index (χ3v) is 3.22. The second kappa shape index (κ2) is 3.94. The molecule has 2 rings (SSSR count). The molecule has 1 aliphatic rings. The Bertz CT molecular complexity index is 357. The molecule has 0 amide bonds. The van der Waals surface area contributed by atoms with E-state index in [2.05, 4.69) is 10.00 Å². The van der Waals surface area contributed by atoms with Crippen molar-refractivity contribution in [2.24, 2.45) is 7.05 Å². The highest BCUT2D eigenvalue weighted by Gasteiger charge is 2.21. The Kier molecular flexibility index (Phi) is 2.80. The van der Waals surface area contributed by atoms with Crippen LogP contribution in [0, 0.1) is 6.92 Å². The Labute approximate surface area is 90.5 Å². The summed E-state index contributed by atoms with van der Waals surface area (Å²) in [4.78, 5) is 2.10. The zero-order chi connectivity index (χ0) is 11.0. The van der Waals surface area contributed by atoms with Crippen LogP contribution in [-0.2, 0) is 20.0 Å². The Morgan fingerprint density at radius 3 is 2.87 bits per heavy atom. The van der Waals surface area contributed by atoms with Crippen LogP contribution in [0.25, 0.3) is 0 Å². The average molecular weight is 209 g/mol. The van der Waals surface area contributed by atoms with Gasteiger partial charge in [-0.3, -0.25) is 9.58 Å². The lowest BCUT2D eigenvalue weighted by Gasteiger charge is -2.23. The monoisotopic (exact) mass is 209 g/mol. The molecule has 0 aliphatic carbocycles. The normalized spacial score (nSPS) is 19.7. The van der Waals surface area contributed by atoms with E-state index in [1.54, 1.807) is 0 Å². The van der Waals surface area contributed by atoms with E-state index >= 15 is 0 Å². The first-order valence-corrected chi connectivity index (χ1v) is 5.53. The Hall–Kier alpha value is -0.870. The minimum atomic E-state index is -0.365. The minimum absolute atomic E-state index is 0.365. The van der Waals surface area contributed by atoms with E-state index in [0.717, 1.165) is 31.6 Å². The third-order valence-electron chi connectivity index (χ3n) is 3.22. The highest BCUT2D eigenvalue weighted by molar-refractivity contribution is 5.26. The van der Waals surface area contributed by atoms with Gasteiger partial charge < -0.3 is 5.11 Å². The molecule has 1 unspecified atom stereocenters. The second-order valence-electron chi connectivity index (χ2n) is 4.34. The topological polar surface area (TPSA) is 41.3 Å². The van der Waals surface area contributed by atoms with E-state index in [0.29, 0.717) is 0 Å². The zero-order valence-electron chi connectivity index (χ0n) is 9.69. The molecule has 0 fully saturated rings. The lowest BCUT2D eigenvalue weighted by atomic mass is 10.1. The summed E-state index contributed by atoms with van der Waals surface area (Å²) in [5, 5.41) is 14.1. The van der Waals surface area contributed by atoms with Gasteiger partial charge in [0.15, 0.2) is 0 Å². The molecule has 84 valence electrons. The molecule has 0 spiro atoms. The fraction of sp³-hybridized carbons (Fsp3) is 0.727. The Morgan fingerprint density at radius 1 is 1.47 bits per heavy atom. The summed E-state index contributed by atoms with van der Waals surface area (Å²) in [5.41, 5.74) is 3.73. The van der Waals surface area contributed by atoms with Crippen LogP contribution in [0.4, 0.5) is 0 Å². The summed E-state index contributed by atoms with van der Waals surface area (Å²) < 4.78 is 1.98. The number of hydrogen-bond donors (Lipinski definition) is 1. The summed E-state index contributed by atoms with van der Waals surface area (Å²) in [6.45, 7) is 5.67. The molecule has 1 N–H and O–H groups in total. The first-order chi connectivity index (χ1) is 7.09. The fourth-order valence-electron chi connectivity index (χ4n) is 2.32. The summed E-state index contributed by atoms with van der Waals surface area (Å²) >= 11 is 0. The van der Waals surface area contributed by atoms with Gasteiger partial charge in [-0.1, -0.05) is 0 Å². The van der Waals surface area contributed by atoms with Crippen LogP contribution in [0.15, 0.2) is 0 Å². The molecular formula is C11H19N3O. The standard InChI is InChI=1S/C11H19N3O/c1-8-10-7-14(9(2)15)6-4-5-11(10)13(3)12-8/h9,15H,4-7H2,1-3H3. The van der Waals surface area contributed by atoms with Crippen molar-refractivity contribution in [1.82, 2.24) is 14.7 Å². The highest BCUT2D eigenvalue weighted by Crippen LogP contribution is 2.21. The van der Waals surface area contributed by atoms with Gasteiger partial charge in [0.05, 0.1) is 5.69 Å². The van der Waals surface area contributed by atoms with Crippen LogP contribution in [0.2, 0.25) is 0 Å². The molecule has 0 saturated heterocycles. The number of aryl methyl sites for hydroxylation is 2. The largest absolute Gasteiger partial charge is 0.379 e. The van der Waals surface area contributed by atoms with Crippen molar-refractivity contribution in [2.45, 2.75) is 39.5 Å². The smallest absolute Gasteiger partial charge is 0.104 e. The number of fused-ring (bicyclic) bond motifs is 1. The van der Waals surface area contributed by atoms with Crippen molar-refractivity contribution in [3.05, 3.63) is 17.0 Å². The SMILES string of the molecule is Cc1nn(C)c2c1CN(C(C)O)CCC2. The van der Waals surface area contributed by atoms with Crippen LogP contribution in [0.1, 0.15) is 30.3 Å². The van der Waals surface area contributed by atoms with E-state index in [-0.39, 0.29) is 6.23 Å². The molecule has 0 bridgehead atoms. The minimum Gasteiger partial charge on any atom is -0.379 e. The first-order valence-electron chi connectivity index (χ1n) is 5.53. The molecule has 1 atom stereocenters. The lowest BCUT2D eigenvalue weighted by Crippen LogP contribution is -2.32. The molecule has 15 heavy (non-hydrogen) atoms. The van der Waals surface area contributed by atoms with E-state index in [1.165, 1.54) is 11.3 Å². The van der Waals surface area contributed by atoms with E-state index in [1.807, 2.05) is 25.6 Å². The predicted octanol–water partition coefficient (Wildman–Crippen LogP) is 0.815. The van der Waals surface area contributed by atoms with Gasteiger partial charge in [-0.2, -0.15) is 5.10 Å². The van der Waals surface area contributed by atoms with Gasteiger partial charge in [-0.25, -0.2) is 0 Å². The van der Waals surface area contributed by atoms with Crippen molar-refractivity contribution in [3.8, 4) is 0 Å². The maximum Gasteiger partial charge on any atom is 0.104 e. The van der Waals surface area contributed by atoms with E-state index in [9.17, 15) is 5.11 Å². The highest BCUT2D eigenvalue weighted by atomic mass is 16.3. The summed E-state index contributed by atoms with van der Waals surface area (Å²) in [5.74, 6) is 0. The molecule has 1 aliphatic heterocycles. The lowest BCUT2D eigenvalue weighted by molar-refractivity contribution is 0.0137. The van der Waals surface area contributed by atoms with Gasteiger partial charge in [0.1, 0.15) is 6.23 Å². The van der Waals surface area contributed by atoms with Gasteiger partial charge in [-0.05, 0) is 26.7 Å². The van der Waals surface area contributed by atoms with Crippen LogP contribution in [-0.4, -0.2) is 32.6 Å². The summed E-state index contributed by atoms with van der Waals surface area (Å²) in [6, 6.07) is 0. The maximum atomic E-state index is 9.62. The molecule has 4 heteroatoms. The molecule has 4 nitrogen and oxygen atoms in total. The maximum absolute atomic E-state index is 9.62. The van der Waals surface area contributed by atoms with Crippen LogP contribution in [0.5, 0.6) is 0 Å². The van der Waals surface area contributed by atoms with E-state index in [4.69, 9.17) is 0 Å². The second-order valence-corrected chi connectivity index (χ2v) is 4.34. The number of aliphatic hydroxyl groups is 1. The molecule has 1 aromatic heterocycles. The molecule has 1 aromatic rings. The number of rotatable bonds is 1. The summed E-state index contributed by atoms with van der Waals surface area (Å²) in [6.07, 6.45) is 1.79. The molecule has 0 radical (unpaired) electrons. The van der Waals surface area contributed by atoms with Crippen LogP contribution < -0.4 is 0 Å². The number of aliphatic hydroxyl groups excluding tert-OH is 1. The number of hydrogen-bond acceptors (Lipinski definition) is 3. The number of nitrogens with zero attached hydrogens (tertiary/aromatic N) is 3. The van der Waals surface area contributed by atoms with Gasteiger partial charge >= 0.3 is 0 Å². The Morgan fingerprint density at radius 2 is 2.20 bits per heavy atom. The van der Waals surface area contributed by atoms with Crippen molar-refractivity contribution in [3.63, 3.8) is 0 Å². The van der Waals surface area contributed by atoms with Crippen LogP contribution >= 0.6 is 0 Å². The average Bonchev–Trinajstić information content (AvgIpc) is 2.41. The molecule has 2 heterocycles. The fourth-order valence-corrected chi connectivity index (χ4v) is 2.32. The van der Waals surface area contributed by atoms with Crippen molar-refractivity contribution < 1.29 is 5.11 Å². The predicted molar refractivity (Wildman–Crippen MR) is 58.4 cm³/mol. The van der Waals surface area contributed by atoms with Gasteiger partial charge in [0.2, 0.25) is 0 Å². The molecular weight excluding hydrogens is 190 g/mol. The molecule has 0 saturated carbocycles. The van der Waals surface area contributed by atoms with E-state index < -0.39 is 0 Å². The quantitative estimate of drug-likeness (QED) is 0.744. The summed E-state index contributed by atoms with van der Waals surface area (Å²) in [7, 11) is 2.00. The van der Waals surface area contributed by atoms with Crippen molar-refractivity contribution in [1.29, 1.82) is 0 Å². The van der Waals surface area contributed by atoms with Gasteiger partial charge in [-0.15, -0.1) is 0 Å². The van der Waals surface area contributed by atoms with Gasteiger partial charge in [0.25, 0.3) is 0 Å². The first kappa shape index (κ1) is 10.6. The van der Waals surface area contributed by atoms with Crippen LogP contribution in [0.3, 0.4) is 0 Å².